The average Bonchev–Trinajstić information content (AvgIpc) is 2.75. The zero-order valence-electron chi connectivity index (χ0n) is 18.7. The second-order valence-electron chi connectivity index (χ2n) is 7.63. The molecule has 0 radical (unpaired) electrons. The Morgan fingerprint density at radius 2 is 1.87 bits per heavy atom. The Bertz CT molecular complexity index is 842. The van der Waals surface area contributed by atoms with Crippen LogP contribution in [-0.4, -0.2) is 35.1 Å². The van der Waals surface area contributed by atoms with E-state index in [1.807, 2.05) is 56.3 Å². The van der Waals surface area contributed by atoms with Gasteiger partial charge in [-0.2, -0.15) is 0 Å². The van der Waals surface area contributed by atoms with E-state index in [1.54, 1.807) is 16.7 Å². The first-order valence-corrected chi connectivity index (χ1v) is 12.3. The summed E-state index contributed by atoms with van der Waals surface area (Å²) in [5, 5.41) is 3.70. The SMILES string of the molecule is CCCCNC(=O)[C@@H](CC)N(Cc1cccc(C)c1)C(=O)CCSc1ccc(Cl)cc1. The first-order chi connectivity index (χ1) is 14.9. The van der Waals surface area contributed by atoms with Crippen LogP contribution >= 0.6 is 23.4 Å². The number of hydrogen-bond donors (Lipinski definition) is 1. The summed E-state index contributed by atoms with van der Waals surface area (Å²) in [7, 11) is 0. The lowest BCUT2D eigenvalue weighted by Gasteiger charge is -2.31. The van der Waals surface area contributed by atoms with Gasteiger partial charge in [0.25, 0.3) is 0 Å². The predicted molar refractivity (Wildman–Crippen MR) is 131 cm³/mol. The van der Waals surface area contributed by atoms with E-state index in [0.717, 1.165) is 28.9 Å². The van der Waals surface area contributed by atoms with Gasteiger partial charge >= 0.3 is 0 Å². The van der Waals surface area contributed by atoms with E-state index in [1.165, 1.54) is 0 Å². The van der Waals surface area contributed by atoms with Gasteiger partial charge in [0.05, 0.1) is 0 Å². The highest BCUT2D eigenvalue weighted by molar-refractivity contribution is 7.99. The maximum atomic E-state index is 13.2. The van der Waals surface area contributed by atoms with Crippen molar-refractivity contribution in [2.45, 2.75) is 63.9 Å². The van der Waals surface area contributed by atoms with Gasteiger partial charge in [0.15, 0.2) is 0 Å². The molecule has 0 aliphatic heterocycles. The number of carbonyl (C=O) groups excluding carboxylic acids is 2. The number of carbonyl (C=O) groups is 2. The van der Waals surface area contributed by atoms with Gasteiger partial charge in [-0.05, 0) is 49.6 Å². The minimum Gasteiger partial charge on any atom is -0.354 e. The van der Waals surface area contributed by atoms with Crippen LogP contribution < -0.4 is 5.32 Å². The van der Waals surface area contributed by atoms with E-state index in [-0.39, 0.29) is 11.8 Å². The zero-order valence-corrected chi connectivity index (χ0v) is 20.3. The summed E-state index contributed by atoms with van der Waals surface area (Å²) in [5.41, 5.74) is 2.18. The molecule has 0 aromatic heterocycles. The number of nitrogens with one attached hydrogen (secondary N) is 1. The lowest BCUT2D eigenvalue weighted by molar-refractivity contribution is -0.141. The molecular weight excluding hydrogens is 428 g/mol. The molecule has 6 heteroatoms. The van der Waals surface area contributed by atoms with Gasteiger partial charge in [0, 0.05) is 35.2 Å². The average molecular weight is 461 g/mol. The molecule has 1 N–H and O–H groups in total. The molecule has 1 atom stereocenters. The van der Waals surface area contributed by atoms with Crippen molar-refractivity contribution in [1.29, 1.82) is 0 Å². The zero-order chi connectivity index (χ0) is 22.6. The predicted octanol–water partition coefficient (Wildman–Crippen LogP) is 5.85. The number of hydrogen-bond acceptors (Lipinski definition) is 3. The van der Waals surface area contributed by atoms with Gasteiger partial charge in [0.1, 0.15) is 6.04 Å². The molecule has 0 saturated carbocycles. The Hall–Kier alpha value is -1.98. The van der Waals surface area contributed by atoms with E-state index >= 15 is 0 Å². The Morgan fingerprint density at radius 3 is 2.52 bits per heavy atom. The van der Waals surface area contributed by atoms with E-state index in [0.29, 0.717) is 36.7 Å². The van der Waals surface area contributed by atoms with Crippen molar-refractivity contribution in [1.82, 2.24) is 10.2 Å². The second kappa shape index (κ2) is 13.4. The number of unbranched alkanes of at least 4 members (excludes halogenated alkanes) is 1. The minimum atomic E-state index is -0.467. The van der Waals surface area contributed by atoms with Gasteiger partial charge in [-0.3, -0.25) is 9.59 Å². The first-order valence-electron chi connectivity index (χ1n) is 11.0. The molecule has 2 rings (SSSR count). The van der Waals surface area contributed by atoms with E-state index in [9.17, 15) is 9.59 Å². The van der Waals surface area contributed by atoms with Crippen LogP contribution in [-0.2, 0) is 16.1 Å². The third kappa shape index (κ3) is 8.58. The van der Waals surface area contributed by atoms with Gasteiger partial charge in [-0.25, -0.2) is 0 Å². The second-order valence-corrected chi connectivity index (χ2v) is 9.24. The van der Waals surface area contributed by atoms with Crippen LogP contribution in [0.25, 0.3) is 0 Å². The van der Waals surface area contributed by atoms with Crippen molar-refractivity contribution in [3.05, 3.63) is 64.7 Å². The summed E-state index contributed by atoms with van der Waals surface area (Å²) in [4.78, 5) is 28.9. The third-order valence-electron chi connectivity index (χ3n) is 5.05. The van der Waals surface area contributed by atoms with Crippen LogP contribution in [0.5, 0.6) is 0 Å². The highest BCUT2D eigenvalue weighted by Gasteiger charge is 2.28. The first kappa shape index (κ1) is 25.3. The molecule has 2 amide bonds. The van der Waals surface area contributed by atoms with Gasteiger partial charge in [-0.15, -0.1) is 11.8 Å². The number of amides is 2. The fraction of sp³-hybridized carbons (Fsp3) is 0.440. The fourth-order valence-corrected chi connectivity index (χ4v) is 4.33. The summed E-state index contributed by atoms with van der Waals surface area (Å²) in [5.74, 6) is 0.585. The minimum absolute atomic E-state index is 0.000427. The van der Waals surface area contributed by atoms with Crippen molar-refractivity contribution in [2.75, 3.05) is 12.3 Å². The highest BCUT2D eigenvalue weighted by atomic mass is 35.5. The molecule has 0 saturated heterocycles. The Kier molecular flexibility index (Phi) is 11.0. The van der Waals surface area contributed by atoms with Crippen LogP contribution in [0.15, 0.2) is 53.4 Å². The fourth-order valence-electron chi connectivity index (χ4n) is 3.36. The summed E-state index contributed by atoms with van der Waals surface area (Å²) >= 11 is 7.57. The quantitative estimate of drug-likeness (QED) is 0.319. The van der Waals surface area contributed by atoms with Crippen LogP contribution in [0.3, 0.4) is 0 Å². The molecule has 0 aliphatic rings. The number of halogens is 1. The van der Waals surface area contributed by atoms with Crippen molar-refractivity contribution < 1.29 is 9.59 Å². The third-order valence-corrected chi connectivity index (χ3v) is 6.31. The molecule has 0 unspecified atom stereocenters. The molecule has 0 spiro atoms. The molecule has 2 aromatic rings. The highest BCUT2D eigenvalue weighted by Crippen LogP contribution is 2.22. The van der Waals surface area contributed by atoms with E-state index in [2.05, 4.69) is 18.3 Å². The lowest BCUT2D eigenvalue weighted by Crippen LogP contribution is -2.49. The van der Waals surface area contributed by atoms with Gasteiger partial charge in [-0.1, -0.05) is 61.7 Å². The molecule has 0 bridgehead atoms. The summed E-state index contributed by atoms with van der Waals surface area (Å²) in [6, 6.07) is 15.3. The molecule has 0 heterocycles. The number of thioether (sulfide) groups is 1. The monoisotopic (exact) mass is 460 g/mol. The van der Waals surface area contributed by atoms with Gasteiger partial charge < -0.3 is 10.2 Å². The number of aryl methyl sites for hydroxylation is 1. The van der Waals surface area contributed by atoms with Crippen LogP contribution in [0, 0.1) is 6.92 Å². The summed E-state index contributed by atoms with van der Waals surface area (Å²) in [6.45, 7) is 7.17. The largest absolute Gasteiger partial charge is 0.354 e. The number of rotatable bonds is 12. The van der Waals surface area contributed by atoms with Crippen molar-refractivity contribution in [3.63, 3.8) is 0 Å². The Morgan fingerprint density at radius 1 is 1.13 bits per heavy atom. The van der Waals surface area contributed by atoms with Crippen molar-refractivity contribution in [2.24, 2.45) is 0 Å². The molecule has 31 heavy (non-hydrogen) atoms. The van der Waals surface area contributed by atoms with Crippen molar-refractivity contribution in [3.8, 4) is 0 Å². The molecule has 0 fully saturated rings. The molecule has 2 aromatic carbocycles. The van der Waals surface area contributed by atoms with E-state index < -0.39 is 6.04 Å². The topological polar surface area (TPSA) is 49.4 Å². The Labute approximate surface area is 195 Å². The molecular formula is C25H33ClN2O2S. The normalized spacial score (nSPS) is 11.7. The van der Waals surface area contributed by atoms with Gasteiger partial charge in [0.2, 0.25) is 11.8 Å². The summed E-state index contributed by atoms with van der Waals surface area (Å²) < 4.78 is 0. The van der Waals surface area contributed by atoms with Crippen molar-refractivity contribution >= 4 is 35.2 Å². The summed E-state index contributed by atoms with van der Waals surface area (Å²) in [6.07, 6.45) is 2.91. The number of nitrogens with zero attached hydrogens (tertiary/aromatic N) is 1. The van der Waals surface area contributed by atoms with Crippen LogP contribution in [0.4, 0.5) is 0 Å². The van der Waals surface area contributed by atoms with E-state index in [4.69, 9.17) is 11.6 Å². The number of benzene rings is 2. The molecule has 4 nitrogen and oxygen atoms in total. The lowest BCUT2D eigenvalue weighted by atomic mass is 10.1. The Balaban J connectivity index is 2.09. The van der Waals surface area contributed by atoms with Crippen LogP contribution in [0.1, 0.15) is 50.7 Å². The molecule has 168 valence electrons. The maximum Gasteiger partial charge on any atom is 0.242 e. The standard InChI is InChI=1S/C25H33ClN2O2S/c1-4-6-15-27-25(30)23(5-2)28(18-20-9-7-8-19(3)17-20)24(29)14-16-31-22-12-10-21(26)11-13-22/h7-13,17,23H,4-6,14-16,18H2,1-3H3,(H,27,30)/t23-/m1/s1. The van der Waals surface area contributed by atoms with Crippen LogP contribution in [0.2, 0.25) is 5.02 Å². The maximum absolute atomic E-state index is 13.2. The smallest absolute Gasteiger partial charge is 0.242 e. The molecule has 0 aliphatic carbocycles.